The number of hydrogen-bond acceptors (Lipinski definition) is 4. The normalized spacial score (nSPS) is 19.5. The first-order valence-electron chi connectivity index (χ1n) is 11.0. The predicted octanol–water partition coefficient (Wildman–Crippen LogP) is 2.81. The highest BCUT2D eigenvalue weighted by molar-refractivity contribution is 7.99. The van der Waals surface area contributed by atoms with E-state index in [1.807, 2.05) is 18.8 Å². The number of likely N-dealkylation sites (tertiary alicyclic amines) is 1. The van der Waals surface area contributed by atoms with Crippen molar-refractivity contribution in [1.29, 1.82) is 0 Å². The number of guanidine groups is 1. The minimum Gasteiger partial charge on any atom is -0.360 e. The Morgan fingerprint density at radius 2 is 1.97 bits per heavy atom. The van der Waals surface area contributed by atoms with Crippen molar-refractivity contribution in [3.8, 4) is 0 Å². The van der Waals surface area contributed by atoms with E-state index in [0.29, 0.717) is 19.0 Å². The van der Waals surface area contributed by atoms with E-state index in [9.17, 15) is 4.79 Å². The highest BCUT2D eigenvalue weighted by Crippen LogP contribution is 2.26. The molecule has 0 spiro atoms. The van der Waals surface area contributed by atoms with Gasteiger partial charge in [-0.3, -0.25) is 9.79 Å². The van der Waals surface area contributed by atoms with E-state index in [4.69, 9.17) is 0 Å². The van der Waals surface area contributed by atoms with Gasteiger partial charge in [0.15, 0.2) is 5.96 Å². The minimum absolute atomic E-state index is 0.0897. The van der Waals surface area contributed by atoms with E-state index in [-0.39, 0.29) is 5.91 Å². The van der Waals surface area contributed by atoms with Crippen LogP contribution in [0.5, 0.6) is 0 Å². The second-order valence-corrected chi connectivity index (χ2v) is 9.16. The lowest BCUT2D eigenvalue weighted by Crippen LogP contribution is -2.47. The zero-order valence-corrected chi connectivity index (χ0v) is 18.9. The summed E-state index contributed by atoms with van der Waals surface area (Å²) in [6, 6.07) is 19.1. The summed E-state index contributed by atoms with van der Waals surface area (Å²) in [6.07, 6.45) is 1.21. The number of nitrogens with one attached hydrogen (secondary N) is 2. The van der Waals surface area contributed by atoms with Gasteiger partial charge in [0.2, 0.25) is 5.91 Å². The van der Waals surface area contributed by atoms with Crippen LogP contribution in [-0.2, 0) is 11.3 Å². The Balaban J connectivity index is 1.24. The largest absolute Gasteiger partial charge is 0.360 e. The van der Waals surface area contributed by atoms with Gasteiger partial charge < -0.3 is 20.4 Å². The Hall–Kier alpha value is -2.67. The van der Waals surface area contributed by atoms with Crippen molar-refractivity contribution in [1.82, 2.24) is 15.5 Å². The van der Waals surface area contributed by atoms with E-state index < -0.39 is 0 Å². The molecular formula is C24H31N5OS. The number of thioether (sulfide) groups is 1. The third-order valence-electron chi connectivity index (χ3n) is 5.82. The molecule has 7 heteroatoms. The average molecular weight is 438 g/mol. The van der Waals surface area contributed by atoms with Crippen LogP contribution >= 0.6 is 11.8 Å². The summed E-state index contributed by atoms with van der Waals surface area (Å²) in [4.78, 5) is 21.9. The number of piperazine rings is 1. The maximum absolute atomic E-state index is 11.6. The second-order valence-electron chi connectivity index (χ2n) is 8.06. The number of amides is 1. The number of carbonyl (C=O) groups excluding carboxylic acids is 1. The third kappa shape index (κ3) is 5.94. The summed E-state index contributed by atoms with van der Waals surface area (Å²) in [5, 5.41) is 6.39. The Bertz CT molecular complexity index is 887. The number of hydrogen-bond donors (Lipinski definition) is 2. The summed E-state index contributed by atoms with van der Waals surface area (Å²) in [6.45, 7) is 4.84. The highest BCUT2D eigenvalue weighted by Gasteiger charge is 2.25. The minimum atomic E-state index is 0.0897. The lowest BCUT2D eigenvalue weighted by Gasteiger charge is -2.28. The Kier molecular flexibility index (Phi) is 7.35. The van der Waals surface area contributed by atoms with Crippen molar-refractivity contribution in [2.24, 2.45) is 10.9 Å². The number of aliphatic imine (C=N–C) groups is 1. The van der Waals surface area contributed by atoms with Crippen molar-refractivity contribution in [3.05, 3.63) is 60.2 Å². The number of carbonyl (C=O) groups is 1. The second kappa shape index (κ2) is 10.6. The quantitative estimate of drug-likeness (QED) is 0.413. The van der Waals surface area contributed by atoms with Gasteiger partial charge >= 0.3 is 0 Å². The Labute approximate surface area is 189 Å². The number of benzene rings is 2. The van der Waals surface area contributed by atoms with Crippen molar-refractivity contribution >= 4 is 29.3 Å². The van der Waals surface area contributed by atoms with Crippen molar-refractivity contribution < 1.29 is 4.79 Å². The van der Waals surface area contributed by atoms with Crippen LogP contribution in [0.15, 0.2) is 64.5 Å². The Morgan fingerprint density at radius 1 is 1.16 bits per heavy atom. The van der Waals surface area contributed by atoms with Crippen LogP contribution in [0.2, 0.25) is 0 Å². The molecular weight excluding hydrogens is 406 g/mol. The molecule has 1 amide bonds. The SMILES string of the molecule is CN=C(NCc1ccc(N2CCNC(=O)C2)cc1)N1CCC(CSc2ccccc2)C1. The van der Waals surface area contributed by atoms with Gasteiger partial charge in [-0.2, -0.15) is 0 Å². The molecule has 1 atom stereocenters. The van der Waals surface area contributed by atoms with Gasteiger partial charge in [-0.1, -0.05) is 30.3 Å². The molecule has 2 saturated heterocycles. The molecule has 164 valence electrons. The number of rotatable bonds is 6. The van der Waals surface area contributed by atoms with Crippen LogP contribution in [-0.4, -0.2) is 62.3 Å². The lowest BCUT2D eigenvalue weighted by molar-refractivity contribution is -0.120. The molecule has 0 saturated carbocycles. The average Bonchev–Trinajstić information content (AvgIpc) is 3.28. The molecule has 0 radical (unpaired) electrons. The van der Waals surface area contributed by atoms with Crippen molar-refractivity contribution in [3.63, 3.8) is 0 Å². The molecule has 1 unspecified atom stereocenters. The van der Waals surface area contributed by atoms with Crippen LogP contribution in [0.3, 0.4) is 0 Å². The monoisotopic (exact) mass is 437 g/mol. The first kappa shape index (κ1) is 21.6. The molecule has 0 bridgehead atoms. The fraction of sp³-hybridized carbons (Fsp3) is 0.417. The summed E-state index contributed by atoms with van der Waals surface area (Å²) in [7, 11) is 1.86. The zero-order chi connectivity index (χ0) is 21.5. The van der Waals surface area contributed by atoms with Gasteiger partial charge in [-0.05, 0) is 42.2 Å². The van der Waals surface area contributed by atoms with Crippen LogP contribution in [0.1, 0.15) is 12.0 Å². The van der Waals surface area contributed by atoms with Gasteiger partial charge in [0.1, 0.15) is 0 Å². The highest BCUT2D eigenvalue weighted by atomic mass is 32.2. The summed E-state index contributed by atoms with van der Waals surface area (Å²) >= 11 is 1.95. The molecule has 2 aromatic carbocycles. The van der Waals surface area contributed by atoms with Gasteiger partial charge in [-0.25, -0.2) is 0 Å². The van der Waals surface area contributed by atoms with E-state index in [0.717, 1.165) is 43.6 Å². The van der Waals surface area contributed by atoms with Crippen LogP contribution in [0.4, 0.5) is 5.69 Å². The summed E-state index contributed by atoms with van der Waals surface area (Å²) in [5.41, 5.74) is 2.31. The van der Waals surface area contributed by atoms with Gasteiger partial charge in [0.25, 0.3) is 0 Å². The van der Waals surface area contributed by atoms with Crippen LogP contribution in [0, 0.1) is 5.92 Å². The van der Waals surface area contributed by atoms with E-state index >= 15 is 0 Å². The molecule has 2 aliphatic rings. The molecule has 0 aromatic heterocycles. The Morgan fingerprint density at radius 3 is 2.71 bits per heavy atom. The van der Waals surface area contributed by atoms with Crippen molar-refractivity contribution in [2.75, 3.05) is 50.4 Å². The van der Waals surface area contributed by atoms with Gasteiger partial charge in [0.05, 0.1) is 6.54 Å². The van der Waals surface area contributed by atoms with E-state index in [2.05, 4.69) is 80.0 Å². The van der Waals surface area contributed by atoms with E-state index in [1.165, 1.54) is 16.9 Å². The summed E-state index contributed by atoms with van der Waals surface area (Å²) < 4.78 is 0. The molecule has 2 N–H and O–H groups in total. The molecule has 2 aromatic rings. The zero-order valence-electron chi connectivity index (χ0n) is 18.1. The smallest absolute Gasteiger partial charge is 0.239 e. The summed E-state index contributed by atoms with van der Waals surface area (Å²) in [5.74, 6) is 2.90. The van der Waals surface area contributed by atoms with Gasteiger partial charge in [-0.15, -0.1) is 11.8 Å². The lowest BCUT2D eigenvalue weighted by atomic mass is 10.2. The fourth-order valence-corrected chi connectivity index (χ4v) is 5.14. The number of nitrogens with zero attached hydrogens (tertiary/aromatic N) is 3. The van der Waals surface area contributed by atoms with E-state index in [1.54, 1.807) is 0 Å². The topological polar surface area (TPSA) is 60.0 Å². The first-order valence-corrected chi connectivity index (χ1v) is 11.9. The van der Waals surface area contributed by atoms with Crippen LogP contribution < -0.4 is 15.5 Å². The third-order valence-corrected chi connectivity index (χ3v) is 7.06. The van der Waals surface area contributed by atoms with Gasteiger partial charge in [0, 0.05) is 56.1 Å². The fourth-order valence-electron chi connectivity index (χ4n) is 4.09. The molecule has 31 heavy (non-hydrogen) atoms. The molecule has 0 aliphatic carbocycles. The maximum atomic E-state index is 11.6. The van der Waals surface area contributed by atoms with Crippen LogP contribution in [0.25, 0.3) is 0 Å². The molecule has 4 rings (SSSR count). The van der Waals surface area contributed by atoms with Crippen molar-refractivity contribution in [2.45, 2.75) is 17.9 Å². The maximum Gasteiger partial charge on any atom is 0.239 e. The first-order chi connectivity index (χ1) is 15.2. The standard InChI is InChI=1S/C24H31N5OS/c1-25-24(29-13-11-20(16-29)18-31-22-5-3-2-4-6-22)27-15-19-7-9-21(10-8-19)28-14-12-26-23(30)17-28/h2-10,20H,11-18H2,1H3,(H,25,27)(H,26,30). The molecule has 2 aliphatic heterocycles. The molecule has 6 nitrogen and oxygen atoms in total. The molecule has 2 fully saturated rings. The molecule has 2 heterocycles. The number of anilines is 1. The predicted molar refractivity (Wildman–Crippen MR) is 129 cm³/mol.